The normalized spacial score (nSPS) is 18.9. The summed E-state index contributed by atoms with van der Waals surface area (Å²) in [7, 11) is 0. The van der Waals surface area contributed by atoms with Gasteiger partial charge in [-0.15, -0.1) is 0 Å². The van der Waals surface area contributed by atoms with Crippen LogP contribution in [0.25, 0.3) is 0 Å². The van der Waals surface area contributed by atoms with E-state index in [4.69, 9.17) is 0 Å². The van der Waals surface area contributed by atoms with Crippen LogP contribution in [-0.2, 0) is 6.42 Å². The van der Waals surface area contributed by atoms with Gasteiger partial charge in [-0.1, -0.05) is 113 Å². The topological polar surface area (TPSA) is 6.48 Å². The average molecular weight is 447 g/mol. The van der Waals surface area contributed by atoms with E-state index in [0.717, 1.165) is 19.4 Å². The zero-order valence-electron chi connectivity index (χ0n) is 21.5. The van der Waals surface area contributed by atoms with Crippen molar-refractivity contribution < 1.29 is 0 Å². The predicted octanol–water partition coefficient (Wildman–Crippen LogP) is 8.37. The number of rotatable bonds is 14. The van der Waals surface area contributed by atoms with Gasteiger partial charge in [-0.3, -0.25) is 0 Å². The minimum Gasteiger partial charge on any atom is -0.353 e. The zero-order valence-corrected chi connectivity index (χ0v) is 21.5. The molecule has 2 aromatic rings. The van der Waals surface area contributed by atoms with Crippen molar-refractivity contribution in [3.8, 4) is 0 Å². The van der Waals surface area contributed by atoms with Crippen molar-refractivity contribution in [1.82, 2.24) is 9.80 Å². The number of benzene rings is 2. The van der Waals surface area contributed by atoms with E-state index in [1.165, 1.54) is 56.1 Å². The van der Waals surface area contributed by atoms with Crippen molar-refractivity contribution in [2.24, 2.45) is 0 Å². The van der Waals surface area contributed by atoms with E-state index in [0.29, 0.717) is 12.0 Å². The van der Waals surface area contributed by atoms with Gasteiger partial charge < -0.3 is 9.80 Å². The fraction of sp³-hybridized carbons (Fsp3) is 0.548. The quantitative estimate of drug-likeness (QED) is 0.269. The van der Waals surface area contributed by atoms with Crippen LogP contribution in [0.5, 0.6) is 0 Å². The molecule has 2 nitrogen and oxygen atoms in total. The Kier molecular flexibility index (Phi) is 9.91. The van der Waals surface area contributed by atoms with E-state index in [1.54, 1.807) is 0 Å². The van der Waals surface area contributed by atoms with Crippen LogP contribution in [0.3, 0.4) is 0 Å². The van der Waals surface area contributed by atoms with Gasteiger partial charge in [-0.25, -0.2) is 0 Å². The first-order valence-corrected chi connectivity index (χ1v) is 13.5. The van der Waals surface area contributed by atoms with Crippen LogP contribution in [0.15, 0.2) is 73.1 Å². The van der Waals surface area contributed by atoms with Gasteiger partial charge in [0, 0.05) is 37.3 Å². The molecule has 0 amide bonds. The number of hydrogen-bond donors (Lipinski definition) is 0. The third-order valence-corrected chi connectivity index (χ3v) is 7.39. The Morgan fingerprint density at radius 3 is 1.94 bits per heavy atom. The molecular weight excluding hydrogens is 400 g/mol. The lowest BCUT2D eigenvalue weighted by atomic mass is 9.77. The van der Waals surface area contributed by atoms with Crippen LogP contribution >= 0.6 is 0 Å². The Labute approximate surface area is 203 Å². The van der Waals surface area contributed by atoms with Crippen molar-refractivity contribution in [2.45, 2.75) is 103 Å². The van der Waals surface area contributed by atoms with E-state index >= 15 is 0 Å². The predicted molar refractivity (Wildman–Crippen MR) is 143 cm³/mol. The second kappa shape index (κ2) is 12.9. The highest BCUT2D eigenvalue weighted by Gasteiger charge is 2.50. The maximum absolute atomic E-state index is 2.70. The molecule has 3 rings (SSSR count). The Hall–Kier alpha value is -2.22. The summed E-state index contributed by atoms with van der Waals surface area (Å²) in [5, 5.41) is 0. The van der Waals surface area contributed by atoms with Crippen molar-refractivity contribution >= 4 is 0 Å². The molecule has 1 aliphatic rings. The lowest BCUT2D eigenvalue weighted by Crippen LogP contribution is -2.60. The Morgan fingerprint density at radius 1 is 0.727 bits per heavy atom. The van der Waals surface area contributed by atoms with Gasteiger partial charge in [-0.2, -0.15) is 0 Å². The second-order valence-corrected chi connectivity index (χ2v) is 10.0. The molecule has 0 radical (unpaired) electrons. The van der Waals surface area contributed by atoms with E-state index in [2.05, 4.69) is 111 Å². The lowest BCUT2D eigenvalue weighted by Gasteiger charge is -2.53. The first-order chi connectivity index (χ1) is 16.1. The van der Waals surface area contributed by atoms with Crippen LogP contribution in [-0.4, -0.2) is 28.0 Å². The van der Waals surface area contributed by atoms with Crippen molar-refractivity contribution in [1.29, 1.82) is 0 Å². The smallest absolute Gasteiger partial charge is 0.123 e. The molecule has 2 atom stereocenters. The van der Waals surface area contributed by atoms with Gasteiger partial charge >= 0.3 is 0 Å². The van der Waals surface area contributed by atoms with E-state index < -0.39 is 0 Å². The Bertz CT molecular complexity index is 813. The molecule has 2 unspecified atom stereocenters. The van der Waals surface area contributed by atoms with Crippen molar-refractivity contribution in [3.63, 3.8) is 0 Å². The summed E-state index contributed by atoms with van der Waals surface area (Å²) in [6.07, 6.45) is 16.4. The molecule has 0 saturated carbocycles. The SMILES string of the molecule is CCCCCCCCCN1C=CN(C(C)C)C1(Cc1ccccc1)C(CC)c1ccccc1. The lowest BCUT2D eigenvalue weighted by molar-refractivity contribution is -0.0191. The summed E-state index contributed by atoms with van der Waals surface area (Å²) in [6, 6.07) is 22.8. The number of unbranched alkanes of at least 4 members (excludes halogenated alkanes) is 6. The fourth-order valence-corrected chi connectivity index (χ4v) is 5.79. The highest BCUT2D eigenvalue weighted by molar-refractivity contribution is 5.30. The maximum Gasteiger partial charge on any atom is 0.123 e. The minimum atomic E-state index is -0.0756. The molecule has 0 saturated heterocycles. The number of nitrogens with zero attached hydrogens (tertiary/aromatic N) is 2. The largest absolute Gasteiger partial charge is 0.353 e. The van der Waals surface area contributed by atoms with E-state index in [1.807, 2.05) is 0 Å². The van der Waals surface area contributed by atoms with Gasteiger partial charge in [0.15, 0.2) is 0 Å². The van der Waals surface area contributed by atoms with Gasteiger partial charge in [0.1, 0.15) is 5.66 Å². The standard InChI is InChI=1S/C31H46N2/c1-5-7-8-9-10-11-18-23-32-24-25-33(27(3)4)31(32,26-28-19-14-12-15-20-28)30(6-2)29-21-16-13-17-22-29/h12-17,19-22,24-25,27,30H,5-11,18,23,26H2,1-4H3. The molecule has 2 heteroatoms. The molecule has 0 N–H and O–H groups in total. The average Bonchev–Trinajstić information content (AvgIpc) is 3.19. The molecule has 0 aliphatic carbocycles. The Morgan fingerprint density at radius 2 is 1.33 bits per heavy atom. The molecular formula is C31H46N2. The van der Waals surface area contributed by atoms with Crippen LogP contribution in [0.2, 0.25) is 0 Å². The van der Waals surface area contributed by atoms with Crippen LogP contribution in [0.1, 0.15) is 96.1 Å². The summed E-state index contributed by atoms with van der Waals surface area (Å²) in [5.41, 5.74) is 2.80. The van der Waals surface area contributed by atoms with Gasteiger partial charge in [0.2, 0.25) is 0 Å². The molecule has 0 bridgehead atoms. The molecule has 2 aromatic carbocycles. The molecule has 1 aliphatic heterocycles. The summed E-state index contributed by atoms with van der Waals surface area (Å²) >= 11 is 0. The van der Waals surface area contributed by atoms with Crippen molar-refractivity contribution in [3.05, 3.63) is 84.2 Å². The van der Waals surface area contributed by atoms with Crippen LogP contribution < -0.4 is 0 Å². The van der Waals surface area contributed by atoms with Gasteiger partial charge in [0.05, 0.1) is 0 Å². The summed E-state index contributed by atoms with van der Waals surface area (Å²) < 4.78 is 0. The molecule has 1 heterocycles. The highest BCUT2D eigenvalue weighted by atomic mass is 15.4. The van der Waals surface area contributed by atoms with E-state index in [9.17, 15) is 0 Å². The first-order valence-electron chi connectivity index (χ1n) is 13.5. The number of hydrogen-bond acceptors (Lipinski definition) is 2. The molecule has 0 fully saturated rings. The monoisotopic (exact) mass is 446 g/mol. The highest BCUT2D eigenvalue weighted by Crippen LogP contribution is 2.46. The third kappa shape index (κ3) is 6.22. The summed E-state index contributed by atoms with van der Waals surface area (Å²) in [4.78, 5) is 5.36. The Balaban J connectivity index is 1.89. The molecule has 0 spiro atoms. The fourth-order valence-electron chi connectivity index (χ4n) is 5.79. The second-order valence-electron chi connectivity index (χ2n) is 10.0. The van der Waals surface area contributed by atoms with E-state index in [-0.39, 0.29) is 5.66 Å². The van der Waals surface area contributed by atoms with Gasteiger partial charge in [-0.05, 0) is 37.8 Å². The van der Waals surface area contributed by atoms with Crippen LogP contribution in [0, 0.1) is 0 Å². The first kappa shape index (κ1) is 25.4. The summed E-state index contributed by atoms with van der Waals surface area (Å²) in [6.45, 7) is 10.5. The molecule has 0 aromatic heterocycles. The molecule has 33 heavy (non-hydrogen) atoms. The van der Waals surface area contributed by atoms with Gasteiger partial charge in [0.25, 0.3) is 0 Å². The minimum absolute atomic E-state index is 0.0756. The third-order valence-electron chi connectivity index (χ3n) is 7.39. The van der Waals surface area contributed by atoms with Crippen molar-refractivity contribution in [2.75, 3.05) is 6.54 Å². The van der Waals surface area contributed by atoms with Crippen LogP contribution in [0.4, 0.5) is 0 Å². The summed E-state index contributed by atoms with van der Waals surface area (Å²) in [5.74, 6) is 0.431. The zero-order chi connectivity index (χ0) is 23.5. The maximum atomic E-state index is 2.70. The molecule has 180 valence electrons.